The molecular formula is C15H12FN3O3S. The number of carbonyl (C=O) groups is 1. The molecule has 2 N–H and O–H groups in total. The number of carbonyl (C=O) groups excluding carboxylic acids is 1. The molecule has 1 amide bonds. The number of amides is 1. The van der Waals surface area contributed by atoms with Gasteiger partial charge in [-0.15, -0.1) is 0 Å². The average molecular weight is 333 g/mol. The van der Waals surface area contributed by atoms with E-state index in [1.54, 1.807) is 19.1 Å². The van der Waals surface area contributed by atoms with Crippen molar-refractivity contribution in [3.63, 3.8) is 0 Å². The number of non-ortho nitro benzene ring substituents is 1. The van der Waals surface area contributed by atoms with Crippen LogP contribution in [-0.4, -0.2) is 15.9 Å². The minimum absolute atomic E-state index is 0.0373. The van der Waals surface area contributed by atoms with Gasteiger partial charge in [-0.25, -0.2) is 4.39 Å². The molecule has 0 bridgehead atoms. The van der Waals surface area contributed by atoms with E-state index < -0.39 is 16.6 Å². The molecule has 0 aromatic heterocycles. The van der Waals surface area contributed by atoms with Crippen LogP contribution >= 0.6 is 12.2 Å². The summed E-state index contributed by atoms with van der Waals surface area (Å²) in [5.41, 5.74) is 0.773. The van der Waals surface area contributed by atoms with E-state index in [2.05, 4.69) is 10.6 Å². The molecule has 23 heavy (non-hydrogen) atoms. The number of rotatable bonds is 3. The number of nitro groups is 1. The van der Waals surface area contributed by atoms with E-state index in [-0.39, 0.29) is 16.4 Å². The summed E-state index contributed by atoms with van der Waals surface area (Å²) in [6.07, 6.45) is 0. The van der Waals surface area contributed by atoms with Crippen molar-refractivity contribution in [3.05, 3.63) is 69.5 Å². The van der Waals surface area contributed by atoms with Gasteiger partial charge in [0.05, 0.1) is 4.92 Å². The van der Waals surface area contributed by atoms with Gasteiger partial charge in [0.25, 0.3) is 11.6 Å². The third-order valence-corrected chi connectivity index (χ3v) is 3.18. The van der Waals surface area contributed by atoms with Gasteiger partial charge >= 0.3 is 0 Å². The van der Waals surface area contributed by atoms with Gasteiger partial charge < -0.3 is 5.32 Å². The maximum atomic E-state index is 13.4. The van der Waals surface area contributed by atoms with Gasteiger partial charge in [0.1, 0.15) is 5.82 Å². The Kier molecular flexibility index (Phi) is 4.97. The molecule has 2 rings (SSSR count). The molecule has 0 spiro atoms. The molecule has 8 heteroatoms. The van der Waals surface area contributed by atoms with Crippen molar-refractivity contribution < 1.29 is 14.1 Å². The van der Waals surface area contributed by atoms with E-state index in [1.165, 1.54) is 24.3 Å². The number of thiocarbonyl (C=S) groups is 1. The van der Waals surface area contributed by atoms with Crippen molar-refractivity contribution >= 4 is 34.6 Å². The molecule has 0 aliphatic heterocycles. The number of halogens is 1. The van der Waals surface area contributed by atoms with Gasteiger partial charge in [-0.05, 0) is 42.9 Å². The molecule has 0 atom stereocenters. The minimum Gasteiger partial charge on any atom is -0.332 e. The van der Waals surface area contributed by atoms with E-state index in [1.807, 2.05) is 0 Å². The van der Waals surface area contributed by atoms with Crippen molar-refractivity contribution in [2.75, 3.05) is 5.32 Å². The first kappa shape index (κ1) is 16.5. The third-order valence-electron chi connectivity index (χ3n) is 2.98. The zero-order valence-corrected chi connectivity index (χ0v) is 12.8. The first-order valence-corrected chi connectivity index (χ1v) is 6.90. The molecule has 0 saturated heterocycles. The Morgan fingerprint density at radius 1 is 1.26 bits per heavy atom. The first-order valence-electron chi connectivity index (χ1n) is 6.50. The number of hydrogen-bond donors (Lipinski definition) is 2. The maximum absolute atomic E-state index is 13.4. The molecule has 0 aliphatic carbocycles. The summed E-state index contributed by atoms with van der Waals surface area (Å²) in [4.78, 5) is 22.1. The van der Waals surface area contributed by atoms with Crippen LogP contribution < -0.4 is 10.6 Å². The Bertz CT molecular complexity index is 795. The van der Waals surface area contributed by atoms with Gasteiger partial charge in [-0.2, -0.15) is 0 Å². The molecule has 0 unspecified atom stereocenters. The van der Waals surface area contributed by atoms with Crippen molar-refractivity contribution in [1.29, 1.82) is 0 Å². The number of nitrogens with one attached hydrogen (secondary N) is 2. The largest absolute Gasteiger partial charge is 0.332 e. The first-order chi connectivity index (χ1) is 10.9. The normalized spacial score (nSPS) is 10.0. The van der Waals surface area contributed by atoms with E-state index in [4.69, 9.17) is 12.2 Å². The van der Waals surface area contributed by atoms with Crippen molar-refractivity contribution in [2.45, 2.75) is 6.92 Å². The summed E-state index contributed by atoms with van der Waals surface area (Å²) in [5.74, 6) is -0.999. The molecule has 0 fully saturated rings. The highest BCUT2D eigenvalue weighted by Crippen LogP contribution is 2.14. The molecular weight excluding hydrogens is 321 g/mol. The van der Waals surface area contributed by atoms with Crippen LogP contribution in [0.15, 0.2) is 42.5 Å². The van der Waals surface area contributed by atoms with Gasteiger partial charge in [0.15, 0.2) is 5.11 Å². The number of nitrogens with zero attached hydrogens (tertiary/aromatic N) is 1. The molecule has 0 aliphatic rings. The molecule has 6 nitrogen and oxygen atoms in total. The molecule has 0 heterocycles. The predicted octanol–water partition coefficient (Wildman–Crippen LogP) is 3.17. The smallest absolute Gasteiger partial charge is 0.270 e. The van der Waals surface area contributed by atoms with Crippen molar-refractivity contribution in [3.8, 4) is 0 Å². The monoisotopic (exact) mass is 333 g/mol. The van der Waals surface area contributed by atoms with Crippen molar-refractivity contribution in [1.82, 2.24) is 5.32 Å². The van der Waals surface area contributed by atoms with Gasteiger partial charge in [-0.1, -0.05) is 12.1 Å². The summed E-state index contributed by atoms with van der Waals surface area (Å²) in [5, 5.41) is 15.7. The minimum atomic E-state index is -0.598. The van der Waals surface area contributed by atoms with Gasteiger partial charge in [0.2, 0.25) is 0 Å². The second-order valence-electron chi connectivity index (χ2n) is 4.68. The lowest BCUT2D eigenvalue weighted by molar-refractivity contribution is -0.384. The van der Waals surface area contributed by atoms with Gasteiger partial charge in [-0.3, -0.25) is 20.2 Å². The lowest BCUT2D eigenvalue weighted by Crippen LogP contribution is -2.34. The van der Waals surface area contributed by atoms with Crippen LogP contribution in [0.3, 0.4) is 0 Å². The topological polar surface area (TPSA) is 84.3 Å². The zero-order chi connectivity index (χ0) is 17.0. The van der Waals surface area contributed by atoms with Crippen molar-refractivity contribution in [2.24, 2.45) is 0 Å². The Balaban J connectivity index is 2.04. The number of hydrogen-bond acceptors (Lipinski definition) is 4. The Hall–Kier alpha value is -2.87. The van der Waals surface area contributed by atoms with Crippen LogP contribution in [0, 0.1) is 22.9 Å². The summed E-state index contributed by atoms with van der Waals surface area (Å²) in [6.45, 7) is 1.63. The molecule has 0 radical (unpaired) electrons. The summed E-state index contributed by atoms with van der Waals surface area (Å²) in [6, 6.07) is 9.69. The quantitative estimate of drug-likeness (QED) is 0.512. The second-order valence-corrected chi connectivity index (χ2v) is 5.09. The number of aryl methyl sites for hydroxylation is 1. The fourth-order valence-electron chi connectivity index (χ4n) is 1.77. The van der Waals surface area contributed by atoms with E-state index in [0.717, 1.165) is 6.07 Å². The van der Waals surface area contributed by atoms with Gasteiger partial charge in [0, 0.05) is 23.4 Å². The number of benzene rings is 2. The maximum Gasteiger partial charge on any atom is 0.270 e. The van der Waals surface area contributed by atoms with Crippen LogP contribution in [0.25, 0.3) is 0 Å². The highest BCUT2D eigenvalue weighted by atomic mass is 32.1. The molecule has 2 aromatic rings. The lowest BCUT2D eigenvalue weighted by Gasteiger charge is -2.10. The SMILES string of the molecule is Cc1ccc(NC(=S)NC(=O)c2cccc([N+](=O)[O-])c2)cc1F. The molecule has 0 saturated carbocycles. The standard InChI is InChI=1S/C15H12FN3O3S/c1-9-5-6-11(8-13(9)16)17-15(23)18-14(20)10-3-2-4-12(7-10)19(21)22/h2-8H,1H3,(H2,17,18,20,23). The van der Waals surface area contributed by atoms with Crippen LogP contribution in [0.4, 0.5) is 15.8 Å². The Labute approximate surface area is 136 Å². The van der Waals surface area contributed by atoms with E-state index in [0.29, 0.717) is 11.3 Å². The predicted molar refractivity (Wildman–Crippen MR) is 87.9 cm³/mol. The highest BCUT2D eigenvalue weighted by molar-refractivity contribution is 7.80. The Morgan fingerprint density at radius 2 is 2.00 bits per heavy atom. The summed E-state index contributed by atoms with van der Waals surface area (Å²) in [7, 11) is 0. The summed E-state index contributed by atoms with van der Waals surface area (Å²) < 4.78 is 13.4. The fraction of sp³-hybridized carbons (Fsp3) is 0.0667. The fourth-order valence-corrected chi connectivity index (χ4v) is 1.98. The van der Waals surface area contributed by atoms with Crippen LogP contribution in [0.5, 0.6) is 0 Å². The molecule has 118 valence electrons. The average Bonchev–Trinajstić information content (AvgIpc) is 2.51. The number of anilines is 1. The molecule has 2 aromatic carbocycles. The van der Waals surface area contributed by atoms with Crippen LogP contribution in [-0.2, 0) is 0 Å². The third kappa shape index (κ3) is 4.30. The Morgan fingerprint density at radius 3 is 2.65 bits per heavy atom. The van der Waals surface area contributed by atoms with E-state index in [9.17, 15) is 19.3 Å². The van der Waals surface area contributed by atoms with E-state index >= 15 is 0 Å². The second kappa shape index (κ2) is 6.93. The highest BCUT2D eigenvalue weighted by Gasteiger charge is 2.12. The van der Waals surface area contributed by atoms with Crippen LogP contribution in [0.2, 0.25) is 0 Å². The van der Waals surface area contributed by atoms with Crippen LogP contribution in [0.1, 0.15) is 15.9 Å². The summed E-state index contributed by atoms with van der Waals surface area (Å²) >= 11 is 4.97. The number of nitro benzene ring substituents is 1. The zero-order valence-electron chi connectivity index (χ0n) is 12.0. The lowest BCUT2D eigenvalue weighted by atomic mass is 10.2.